The molecule has 0 saturated carbocycles. The lowest BCUT2D eigenvalue weighted by atomic mass is 9.80. The Hall–Kier alpha value is 0.580. The van der Waals surface area contributed by atoms with Gasteiger partial charge in [0.05, 0.1) is 11.2 Å². The molecule has 0 aromatic heterocycles. The number of nitrogens with two attached hydrogens (primary N) is 1. The van der Waals surface area contributed by atoms with E-state index in [2.05, 4.69) is 63.6 Å². The van der Waals surface area contributed by atoms with Crippen LogP contribution in [0, 0.1) is 5.92 Å². The second-order valence-electron chi connectivity index (χ2n) is 6.88. The van der Waals surface area contributed by atoms with E-state index in [1.807, 2.05) is 0 Å². The maximum Gasteiger partial charge on any atom is 0.0678 e. The van der Waals surface area contributed by atoms with Gasteiger partial charge in [0.2, 0.25) is 0 Å². The SMILES string of the molecule is CC1SCCSC1C(NN)C1CC(C)(C)OC1(C)C. The van der Waals surface area contributed by atoms with Gasteiger partial charge in [0.15, 0.2) is 0 Å². The standard InChI is InChI=1S/C14H28N2OS2/c1-9-12(19-7-6-18-9)11(16-15)10-8-13(2,3)17-14(10,4)5/h9-12,16H,6-8,15H2,1-5H3. The summed E-state index contributed by atoms with van der Waals surface area (Å²) in [4.78, 5) is 0. The Morgan fingerprint density at radius 2 is 1.84 bits per heavy atom. The fourth-order valence-electron chi connectivity index (χ4n) is 3.65. The van der Waals surface area contributed by atoms with E-state index in [-0.39, 0.29) is 11.2 Å². The smallest absolute Gasteiger partial charge is 0.0678 e. The molecular formula is C14H28N2OS2. The van der Waals surface area contributed by atoms with Crippen LogP contribution in [0.4, 0.5) is 0 Å². The number of hydrazine groups is 1. The number of ether oxygens (including phenoxy) is 1. The molecule has 2 aliphatic rings. The first-order valence-corrected chi connectivity index (χ1v) is 9.26. The van der Waals surface area contributed by atoms with Crippen molar-refractivity contribution in [3.05, 3.63) is 0 Å². The van der Waals surface area contributed by atoms with Crippen LogP contribution in [0.5, 0.6) is 0 Å². The predicted molar refractivity (Wildman–Crippen MR) is 86.6 cm³/mol. The van der Waals surface area contributed by atoms with Gasteiger partial charge in [0.1, 0.15) is 0 Å². The lowest BCUT2D eigenvalue weighted by Crippen LogP contribution is -2.55. The highest BCUT2D eigenvalue weighted by Crippen LogP contribution is 2.47. The zero-order valence-corrected chi connectivity index (χ0v) is 14.4. The van der Waals surface area contributed by atoms with Crippen LogP contribution >= 0.6 is 23.5 Å². The van der Waals surface area contributed by atoms with Crippen molar-refractivity contribution in [2.75, 3.05) is 11.5 Å². The number of thioether (sulfide) groups is 2. The molecule has 2 rings (SSSR count). The fraction of sp³-hybridized carbons (Fsp3) is 1.00. The minimum Gasteiger partial charge on any atom is -0.369 e. The molecule has 2 fully saturated rings. The van der Waals surface area contributed by atoms with Crippen molar-refractivity contribution in [2.45, 2.75) is 68.8 Å². The second kappa shape index (κ2) is 5.76. The molecule has 5 heteroatoms. The minimum atomic E-state index is -0.108. The summed E-state index contributed by atoms with van der Waals surface area (Å²) in [5.74, 6) is 8.88. The third kappa shape index (κ3) is 3.43. The summed E-state index contributed by atoms with van der Waals surface area (Å²) in [6, 6.07) is 0.324. The molecule has 0 amide bonds. The summed E-state index contributed by atoms with van der Waals surface area (Å²) < 4.78 is 6.25. The minimum absolute atomic E-state index is 0.0427. The lowest BCUT2D eigenvalue weighted by molar-refractivity contribution is -0.0777. The first-order valence-electron chi connectivity index (χ1n) is 7.16. The average Bonchev–Trinajstić information content (AvgIpc) is 2.51. The van der Waals surface area contributed by atoms with Crippen LogP contribution in [0.15, 0.2) is 0 Å². The highest BCUT2D eigenvalue weighted by molar-refractivity contribution is 8.07. The van der Waals surface area contributed by atoms with Crippen LogP contribution < -0.4 is 11.3 Å². The monoisotopic (exact) mass is 304 g/mol. The number of hydrogen-bond acceptors (Lipinski definition) is 5. The van der Waals surface area contributed by atoms with E-state index in [0.29, 0.717) is 22.5 Å². The molecule has 3 nitrogen and oxygen atoms in total. The Kier molecular flexibility index (Phi) is 4.84. The molecule has 0 spiro atoms. The molecule has 2 heterocycles. The summed E-state index contributed by atoms with van der Waals surface area (Å²) in [6.45, 7) is 11.1. The van der Waals surface area contributed by atoms with Gasteiger partial charge in [-0.3, -0.25) is 11.3 Å². The maximum atomic E-state index is 6.25. The third-order valence-electron chi connectivity index (χ3n) is 4.36. The molecule has 112 valence electrons. The van der Waals surface area contributed by atoms with Gasteiger partial charge >= 0.3 is 0 Å². The van der Waals surface area contributed by atoms with Crippen LogP contribution in [-0.4, -0.2) is 39.2 Å². The topological polar surface area (TPSA) is 47.3 Å². The molecule has 0 radical (unpaired) electrons. The molecule has 0 aliphatic carbocycles. The molecule has 4 atom stereocenters. The highest BCUT2D eigenvalue weighted by Gasteiger charge is 2.51. The lowest BCUT2D eigenvalue weighted by Gasteiger charge is -2.40. The van der Waals surface area contributed by atoms with Crippen molar-refractivity contribution < 1.29 is 4.74 Å². The van der Waals surface area contributed by atoms with E-state index >= 15 is 0 Å². The fourth-order valence-corrected chi connectivity index (χ4v) is 6.64. The van der Waals surface area contributed by atoms with E-state index in [1.165, 1.54) is 11.5 Å². The molecule has 0 aromatic carbocycles. The van der Waals surface area contributed by atoms with E-state index in [0.717, 1.165) is 6.42 Å². The molecule has 0 bridgehead atoms. The number of nitrogens with one attached hydrogen (secondary N) is 1. The molecule has 2 aliphatic heterocycles. The van der Waals surface area contributed by atoms with Gasteiger partial charge in [-0.15, -0.1) is 0 Å². The number of rotatable bonds is 3. The maximum absolute atomic E-state index is 6.25. The molecule has 19 heavy (non-hydrogen) atoms. The quantitative estimate of drug-likeness (QED) is 0.620. The Balaban J connectivity index is 2.17. The first-order chi connectivity index (χ1) is 8.77. The summed E-state index contributed by atoms with van der Waals surface area (Å²) in [5, 5.41) is 1.23. The largest absolute Gasteiger partial charge is 0.369 e. The van der Waals surface area contributed by atoms with E-state index in [1.54, 1.807) is 0 Å². The van der Waals surface area contributed by atoms with Crippen LogP contribution in [0.25, 0.3) is 0 Å². The van der Waals surface area contributed by atoms with E-state index in [4.69, 9.17) is 10.6 Å². The first kappa shape index (κ1) is 16.0. The summed E-state index contributed by atoms with van der Waals surface area (Å²) in [7, 11) is 0. The zero-order chi connectivity index (χ0) is 14.3. The third-order valence-corrected chi connectivity index (χ3v) is 7.58. The van der Waals surface area contributed by atoms with Gasteiger partial charge in [-0.2, -0.15) is 23.5 Å². The van der Waals surface area contributed by atoms with E-state index < -0.39 is 0 Å². The molecule has 4 unspecified atom stereocenters. The van der Waals surface area contributed by atoms with E-state index in [9.17, 15) is 0 Å². The van der Waals surface area contributed by atoms with Gasteiger partial charge in [0, 0.05) is 34.0 Å². The Labute approximate surface area is 126 Å². The molecular weight excluding hydrogens is 276 g/mol. The van der Waals surface area contributed by atoms with Gasteiger partial charge < -0.3 is 4.74 Å². The highest BCUT2D eigenvalue weighted by atomic mass is 32.2. The second-order valence-corrected chi connectivity index (χ2v) is 9.65. The van der Waals surface area contributed by atoms with Crippen LogP contribution in [0.1, 0.15) is 41.0 Å². The Morgan fingerprint density at radius 1 is 1.21 bits per heavy atom. The molecule has 0 aromatic rings. The van der Waals surface area contributed by atoms with Crippen molar-refractivity contribution in [3.8, 4) is 0 Å². The van der Waals surface area contributed by atoms with Crippen LogP contribution in [-0.2, 0) is 4.74 Å². The predicted octanol–water partition coefficient (Wildman–Crippen LogP) is 2.65. The van der Waals surface area contributed by atoms with Crippen molar-refractivity contribution in [3.63, 3.8) is 0 Å². The zero-order valence-electron chi connectivity index (χ0n) is 12.7. The van der Waals surface area contributed by atoms with Crippen LogP contribution in [0.3, 0.4) is 0 Å². The Morgan fingerprint density at radius 3 is 2.32 bits per heavy atom. The average molecular weight is 305 g/mol. The molecule has 2 saturated heterocycles. The van der Waals surface area contributed by atoms with Gasteiger partial charge in [-0.05, 0) is 34.1 Å². The summed E-state index contributed by atoms with van der Waals surface area (Å²) >= 11 is 4.14. The summed E-state index contributed by atoms with van der Waals surface area (Å²) in [5.41, 5.74) is 2.97. The van der Waals surface area contributed by atoms with Crippen molar-refractivity contribution in [1.82, 2.24) is 5.43 Å². The normalized spacial score (nSPS) is 39.2. The van der Waals surface area contributed by atoms with Gasteiger partial charge in [-0.25, -0.2) is 0 Å². The van der Waals surface area contributed by atoms with Crippen molar-refractivity contribution in [1.29, 1.82) is 0 Å². The molecule has 3 N–H and O–H groups in total. The number of hydrogen-bond donors (Lipinski definition) is 2. The Bertz CT molecular complexity index is 323. The summed E-state index contributed by atoms with van der Waals surface area (Å²) in [6.07, 6.45) is 1.07. The van der Waals surface area contributed by atoms with Crippen LogP contribution in [0.2, 0.25) is 0 Å². The van der Waals surface area contributed by atoms with Gasteiger partial charge in [0.25, 0.3) is 0 Å². The van der Waals surface area contributed by atoms with Gasteiger partial charge in [-0.1, -0.05) is 6.92 Å². The van der Waals surface area contributed by atoms with Crippen molar-refractivity contribution in [2.24, 2.45) is 11.8 Å². The van der Waals surface area contributed by atoms with Crippen molar-refractivity contribution >= 4 is 23.5 Å².